The van der Waals surface area contributed by atoms with Crippen molar-refractivity contribution in [3.63, 3.8) is 0 Å². The van der Waals surface area contributed by atoms with E-state index in [1.54, 1.807) is 0 Å². The molecule has 0 fully saturated rings. The maximum Gasteiger partial charge on any atom is 0.0313 e. The molecule has 1 rings (SSSR count). The summed E-state index contributed by atoms with van der Waals surface area (Å²) in [6.07, 6.45) is 0. The molecule has 1 aromatic carbocycles. The third kappa shape index (κ3) is 4.57. The zero-order chi connectivity index (χ0) is 5.11. The van der Waals surface area contributed by atoms with Crippen molar-refractivity contribution in [1.29, 1.82) is 0 Å². The van der Waals surface area contributed by atoms with Gasteiger partial charge in [-0.15, -0.1) is 0 Å². The maximum atomic E-state index is 5.36. The molecule has 48 valence electrons. The molecule has 2 heteroatoms. The normalized spacial score (nSPS) is 6.67. The number of anilines is 1. The molecule has 0 heterocycles. The van der Waals surface area contributed by atoms with Crippen LogP contribution in [0.3, 0.4) is 0 Å². The molecule has 1 nitrogen and oxygen atoms in total. The van der Waals surface area contributed by atoms with Crippen molar-refractivity contribution in [3.8, 4) is 0 Å². The molecule has 0 aliphatic carbocycles. The summed E-state index contributed by atoms with van der Waals surface area (Å²) in [5, 5.41) is 0. The molecule has 2 N–H and O–H groups in total. The van der Waals surface area contributed by atoms with Crippen LogP contribution >= 0.6 is 0 Å². The predicted molar refractivity (Wildman–Crippen MR) is 37.3 cm³/mol. The Morgan fingerprint density at radius 1 is 1.00 bits per heavy atom. The molecule has 0 radical (unpaired) electrons. The van der Waals surface area contributed by atoms with Crippen LogP contribution in [0.1, 0.15) is 0 Å². The van der Waals surface area contributed by atoms with E-state index in [9.17, 15) is 0 Å². The molecule has 0 saturated heterocycles. The van der Waals surface area contributed by atoms with E-state index >= 15 is 0 Å². The summed E-state index contributed by atoms with van der Waals surface area (Å²) < 4.78 is 0. The average molecular weight is 346 g/mol. The van der Waals surface area contributed by atoms with Crippen LogP contribution in [-0.4, -0.2) is 0 Å². The van der Waals surface area contributed by atoms with E-state index in [1.807, 2.05) is 30.3 Å². The second-order valence-corrected chi connectivity index (χ2v) is 1.41. The maximum absolute atomic E-state index is 5.36. The van der Waals surface area contributed by atoms with Crippen molar-refractivity contribution in [2.75, 3.05) is 5.73 Å². The van der Waals surface area contributed by atoms with E-state index in [1.165, 1.54) is 0 Å². The van der Waals surface area contributed by atoms with Gasteiger partial charge in [0.05, 0.1) is 0 Å². The monoisotopic (exact) mass is 346 g/mol. The molecule has 0 aromatic heterocycles. The van der Waals surface area contributed by atoms with E-state index in [0.29, 0.717) is 0 Å². The van der Waals surface area contributed by atoms with Crippen LogP contribution in [0.5, 0.6) is 0 Å². The number of para-hydroxylation sites is 1. The van der Waals surface area contributed by atoms with Crippen molar-refractivity contribution in [1.82, 2.24) is 0 Å². The van der Waals surface area contributed by atoms with Gasteiger partial charge in [-0.05, 0) is 12.1 Å². The first-order chi connectivity index (χ1) is 3.39. The number of hydrogen-bond donors (Lipinski definition) is 1. The molecule has 0 bridgehead atoms. The fraction of sp³-hybridized carbons (Fsp3) is 0. The van der Waals surface area contributed by atoms with Crippen LogP contribution in [0.15, 0.2) is 30.3 Å². The topological polar surface area (TPSA) is 26.0 Å². The van der Waals surface area contributed by atoms with Gasteiger partial charge in [0, 0.05) is 36.8 Å². The quantitative estimate of drug-likeness (QED) is 0.562. The van der Waals surface area contributed by atoms with Crippen LogP contribution in [-0.2, 0) is 0 Å². The van der Waals surface area contributed by atoms with Crippen LogP contribution < -0.4 is 5.73 Å². The van der Waals surface area contributed by atoms with Gasteiger partial charge in [-0.25, -0.2) is 0 Å². The van der Waals surface area contributed by atoms with Gasteiger partial charge < -0.3 is 13.2 Å². The van der Waals surface area contributed by atoms with Crippen LogP contribution in [0.4, 0.5) is 5.69 Å². The second kappa shape index (κ2) is 6.20. The Kier molecular flexibility index (Phi) is 8.14. The van der Waals surface area contributed by atoms with Gasteiger partial charge in [0.1, 0.15) is 0 Å². The molecule has 0 unspecified atom stereocenters. The van der Waals surface area contributed by atoms with E-state index in [2.05, 4.69) is 0 Å². The molecule has 0 amide bonds. The Hall–Kier alpha value is 0.0719. The van der Waals surface area contributed by atoms with E-state index in [4.69, 9.17) is 5.73 Å². The van der Waals surface area contributed by atoms with Crippen molar-refractivity contribution < 1.29 is 31.1 Å². The first kappa shape index (κ1) is 11.8. The SMILES string of the molecule is Nc1ccccc1.[CH3-].[U]. The predicted octanol–water partition coefficient (Wildman–Crippen LogP) is 1.72. The van der Waals surface area contributed by atoms with Crippen molar-refractivity contribution >= 4 is 5.69 Å². The Morgan fingerprint density at radius 2 is 1.44 bits per heavy atom. The average Bonchev–Trinajstić information content (AvgIpc) is 1.69. The minimum absolute atomic E-state index is 0. The Bertz CT molecular complexity index is 139. The van der Waals surface area contributed by atoms with E-state index in [0.717, 1.165) is 5.69 Å². The molecular weight excluding hydrogens is 336 g/mol. The van der Waals surface area contributed by atoms with Gasteiger partial charge in [0.2, 0.25) is 0 Å². The summed E-state index contributed by atoms with van der Waals surface area (Å²) in [7, 11) is 0. The number of nitrogens with two attached hydrogens (primary N) is 1. The standard InChI is InChI=1S/C6H7N.CH3.U/c7-6-4-2-1-3-5-6;;/h1-5H,7H2;1H3;/q;-1;. The fourth-order valence-corrected chi connectivity index (χ4v) is 0.453. The van der Waals surface area contributed by atoms with E-state index < -0.39 is 0 Å². The molecule has 0 atom stereocenters. The second-order valence-electron chi connectivity index (χ2n) is 1.41. The van der Waals surface area contributed by atoms with Crippen molar-refractivity contribution in [3.05, 3.63) is 37.8 Å². The molecule has 0 aliphatic rings. The van der Waals surface area contributed by atoms with Gasteiger partial charge in [0.15, 0.2) is 0 Å². The van der Waals surface area contributed by atoms with Crippen LogP contribution in [0.2, 0.25) is 0 Å². The fourth-order valence-electron chi connectivity index (χ4n) is 0.453. The minimum atomic E-state index is 0. The first-order valence-electron chi connectivity index (χ1n) is 2.20. The third-order valence-corrected chi connectivity index (χ3v) is 0.800. The third-order valence-electron chi connectivity index (χ3n) is 0.800. The molecule has 1 aromatic rings. The molecule has 0 aliphatic heterocycles. The summed E-state index contributed by atoms with van der Waals surface area (Å²) in [6, 6.07) is 9.49. The Morgan fingerprint density at radius 3 is 1.67 bits per heavy atom. The Balaban J connectivity index is 0. The van der Waals surface area contributed by atoms with Gasteiger partial charge in [-0.2, -0.15) is 0 Å². The summed E-state index contributed by atoms with van der Waals surface area (Å²) in [4.78, 5) is 0. The zero-order valence-corrected chi connectivity index (χ0v) is 9.63. The summed E-state index contributed by atoms with van der Waals surface area (Å²) in [5.74, 6) is 0. The Labute approximate surface area is 80.0 Å². The molecule has 9 heavy (non-hydrogen) atoms. The zero-order valence-electron chi connectivity index (χ0n) is 5.46. The summed E-state index contributed by atoms with van der Waals surface area (Å²) in [6.45, 7) is 0. The smallest absolute Gasteiger partial charge is 0.0313 e. The number of nitrogen functional groups attached to an aromatic ring is 1. The summed E-state index contributed by atoms with van der Waals surface area (Å²) >= 11 is 0. The summed E-state index contributed by atoms with van der Waals surface area (Å²) in [5.41, 5.74) is 6.18. The molecular formula is C7H10NU-. The largest absolute Gasteiger partial charge is 0.399 e. The number of hydrogen-bond acceptors (Lipinski definition) is 1. The van der Waals surface area contributed by atoms with Crippen molar-refractivity contribution in [2.24, 2.45) is 0 Å². The van der Waals surface area contributed by atoms with Gasteiger partial charge >= 0.3 is 0 Å². The van der Waals surface area contributed by atoms with Crippen LogP contribution in [0, 0.1) is 38.5 Å². The van der Waals surface area contributed by atoms with Crippen LogP contribution in [0.25, 0.3) is 0 Å². The van der Waals surface area contributed by atoms with Gasteiger partial charge in [0.25, 0.3) is 0 Å². The number of rotatable bonds is 0. The first-order valence-corrected chi connectivity index (χ1v) is 2.20. The van der Waals surface area contributed by atoms with Crippen molar-refractivity contribution in [2.45, 2.75) is 0 Å². The van der Waals surface area contributed by atoms with Gasteiger partial charge in [-0.3, -0.25) is 0 Å². The molecule has 0 saturated carbocycles. The minimum Gasteiger partial charge on any atom is -0.399 e. The van der Waals surface area contributed by atoms with E-state index in [-0.39, 0.29) is 38.5 Å². The van der Waals surface area contributed by atoms with Gasteiger partial charge in [-0.1, -0.05) is 18.2 Å². The molecule has 0 spiro atoms. The number of benzene rings is 1.